The number of rotatable bonds is 5. The standard InChI is InChI=1S/C14H21N3O3S/c1-16-21(19,20)12-6-3-5-11(8-12)17-14(18)13-7-2-4-10(13)9-15/h3,5-6,8,10,13,16H,2,4,7,9,15H2,1H3,(H,17,18)/t10-,13-/m1/s1. The van der Waals surface area contributed by atoms with Crippen molar-refractivity contribution in [1.82, 2.24) is 4.72 Å². The van der Waals surface area contributed by atoms with Crippen LogP contribution in [0.2, 0.25) is 0 Å². The first-order chi connectivity index (χ1) is 9.97. The second-order valence-electron chi connectivity index (χ2n) is 5.26. The van der Waals surface area contributed by atoms with Crippen LogP contribution in [0.15, 0.2) is 29.2 Å². The monoisotopic (exact) mass is 311 g/mol. The predicted molar refractivity (Wildman–Crippen MR) is 81.2 cm³/mol. The van der Waals surface area contributed by atoms with E-state index in [2.05, 4.69) is 10.0 Å². The Balaban J connectivity index is 2.13. The molecule has 0 saturated heterocycles. The van der Waals surface area contributed by atoms with Crippen LogP contribution in [0, 0.1) is 11.8 Å². The number of anilines is 1. The van der Waals surface area contributed by atoms with Gasteiger partial charge < -0.3 is 11.1 Å². The van der Waals surface area contributed by atoms with E-state index in [1.54, 1.807) is 12.1 Å². The molecule has 0 radical (unpaired) electrons. The molecule has 21 heavy (non-hydrogen) atoms. The SMILES string of the molecule is CNS(=O)(=O)c1cccc(NC(=O)[C@@H]2CCC[C@@H]2CN)c1. The maximum atomic E-state index is 12.3. The van der Waals surface area contributed by atoms with Crippen molar-refractivity contribution in [2.45, 2.75) is 24.2 Å². The first-order valence-electron chi connectivity index (χ1n) is 7.02. The Labute approximate surface area is 125 Å². The summed E-state index contributed by atoms with van der Waals surface area (Å²) in [5.41, 5.74) is 6.17. The number of benzene rings is 1. The minimum atomic E-state index is -3.51. The van der Waals surface area contributed by atoms with Crippen molar-refractivity contribution >= 4 is 21.6 Å². The average molecular weight is 311 g/mol. The maximum Gasteiger partial charge on any atom is 0.240 e. The molecule has 1 aromatic rings. The van der Waals surface area contributed by atoms with Crippen LogP contribution in [0.25, 0.3) is 0 Å². The Hall–Kier alpha value is -1.44. The summed E-state index contributed by atoms with van der Waals surface area (Å²) < 4.78 is 25.8. The summed E-state index contributed by atoms with van der Waals surface area (Å²) >= 11 is 0. The first kappa shape index (κ1) is 15.9. The largest absolute Gasteiger partial charge is 0.330 e. The summed E-state index contributed by atoms with van der Waals surface area (Å²) in [5, 5.41) is 2.80. The molecule has 0 spiro atoms. The molecular formula is C14H21N3O3S. The Morgan fingerprint density at radius 1 is 1.38 bits per heavy atom. The van der Waals surface area contributed by atoms with Crippen LogP contribution in [0.1, 0.15) is 19.3 Å². The number of carbonyl (C=O) groups is 1. The number of nitrogens with two attached hydrogens (primary N) is 1. The summed E-state index contributed by atoms with van der Waals surface area (Å²) in [4.78, 5) is 12.4. The summed E-state index contributed by atoms with van der Waals surface area (Å²) in [6, 6.07) is 6.23. The molecule has 2 rings (SSSR count). The molecule has 1 fully saturated rings. The zero-order chi connectivity index (χ0) is 15.5. The smallest absolute Gasteiger partial charge is 0.240 e. The van der Waals surface area contributed by atoms with Gasteiger partial charge in [0.1, 0.15) is 0 Å². The number of amides is 1. The third-order valence-corrected chi connectivity index (χ3v) is 5.39. The number of hydrogen-bond acceptors (Lipinski definition) is 4. The minimum Gasteiger partial charge on any atom is -0.330 e. The minimum absolute atomic E-state index is 0.0815. The zero-order valence-electron chi connectivity index (χ0n) is 12.0. The third-order valence-electron chi connectivity index (χ3n) is 3.98. The fourth-order valence-electron chi connectivity index (χ4n) is 2.76. The summed E-state index contributed by atoms with van der Waals surface area (Å²) in [6.45, 7) is 0.506. The van der Waals surface area contributed by atoms with Gasteiger partial charge in [0, 0.05) is 11.6 Å². The molecule has 1 saturated carbocycles. The molecule has 7 heteroatoms. The van der Waals surface area contributed by atoms with Gasteiger partial charge in [0.05, 0.1) is 4.90 Å². The summed E-state index contributed by atoms with van der Waals surface area (Å²) in [7, 11) is -2.16. The highest BCUT2D eigenvalue weighted by Crippen LogP contribution is 2.32. The van der Waals surface area contributed by atoms with E-state index in [0.29, 0.717) is 12.2 Å². The fraction of sp³-hybridized carbons (Fsp3) is 0.500. The molecular weight excluding hydrogens is 290 g/mol. The van der Waals surface area contributed by atoms with Gasteiger partial charge in [-0.05, 0) is 50.6 Å². The van der Waals surface area contributed by atoms with Crippen LogP contribution < -0.4 is 15.8 Å². The van der Waals surface area contributed by atoms with Crippen molar-refractivity contribution in [1.29, 1.82) is 0 Å². The second-order valence-corrected chi connectivity index (χ2v) is 7.14. The van der Waals surface area contributed by atoms with Crippen LogP contribution in [0.3, 0.4) is 0 Å². The molecule has 0 heterocycles. The van der Waals surface area contributed by atoms with Gasteiger partial charge >= 0.3 is 0 Å². The Bertz CT molecular complexity index is 616. The van der Waals surface area contributed by atoms with Gasteiger partial charge in [-0.15, -0.1) is 0 Å². The summed E-state index contributed by atoms with van der Waals surface area (Å²) in [6.07, 6.45) is 2.82. The van der Waals surface area contributed by atoms with E-state index in [9.17, 15) is 13.2 Å². The quantitative estimate of drug-likeness (QED) is 0.752. The average Bonchev–Trinajstić information content (AvgIpc) is 2.96. The van der Waals surface area contributed by atoms with Crippen molar-refractivity contribution in [2.75, 3.05) is 18.9 Å². The molecule has 0 aromatic heterocycles. The molecule has 1 aliphatic carbocycles. The van der Waals surface area contributed by atoms with Gasteiger partial charge in [-0.2, -0.15) is 0 Å². The normalized spacial score (nSPS) is 22.2. The van der Waals surface area contributed by atoms with Gasteiger partial charge in [0.2, 0.25) is 15.9 Å². The third kappa shape index (κ3) is 3.61. The van der Waals surface area contributed by atoms with E-state index in [-0.39, 0.29) is 22.6 Å². The molecule has 1 aromatic carbocycles. The molecule has 116 valence electrons. The lowest BCUT2D eigenvalue weighted by Gasteiger charge is -2.17. The molecule has 1 aliphatic rings. The molecule has 6 nitrogen and oxygen atoms in total. The Kier molecular flexibility index (Phi) is 4.97. The van der Waals surface area contributed by atoms with Crippen molar-refractivity contribution in [3.05, 3.63) is 24.3 Å². The lowest BCUT2D eigenvalue weighted by Crippen LogP contribution is -2.29. The van der Waals surface area contributed by atoms with Crippen molar-refractivity contribution in [3.8, 4) is 0 Å². The lowest BCUT2D eigenvalue weighted by atomic mass is 9.95. The van der Waals surface area contributed by atoms with Crippen LogP contribution in [0.4, 0.5) is 5.69 Å². The topological polar surface area (TPSA) is 101 Å². The van der Waals surface area contributed by atoms with Gasteiger partial charge in [-0.3, -0.25) is 4.79 Å². The van der Waals surface area contributed by atoms with Gasteiger partial charge in [0.15, 0.2) is 0 Å². The molecule has 1 amide bonds. The highest BCUT2D eigenvalue weighted by Gasteiger charge is 2.31. The first-order valence-corrected chi connectivity index (χ1v) is 8.51. The van der Waals surface area contributed by atoms with Gasteiger partial charge in [-0.25, -0.2) is 13.1 Å². The number of carbonyl (C=O) groups excluding carboxylic acids is 1. The molecule has 4 N–H and O–H groups in total. The highest BCUT2D eigenvalue weighted by atomic mass is 32.2. The van der Waals surface area contributed by atoms with Gasteiger partial charge in [-0.1, -0.05) is 12.5 Å². The van der Waals surface area contributed by atoms with E-state index in [0.717, 1.165) is 19.3 Å². The lowest BCUT2D eigenvalue weighted by molar-refractivity contribution is -0.120. The van der Waals surface area contributed by atoms with Crippen molar-refractivity contribution < 1.29 is 13.2 Å². The maximum absolute atomic E-state index is 12.3. The van der Waals surface area contributed by atoms with Crippen LogP contribution in [-0.2, 0) is 14.8 Å². The predicted octanol–water partition coefficient (Wildman–Crippen LogP) is 0.908. The van der Waals surface area contributed by atoms with E-state index in [1.165, 1.54) is 19.2 Å². The van der Waals surface area contributed by atoms with Crippen LogP contribution >= 0.6 is 0 Å². The van der Waals surface area contributed by atoms with Crippen LogP contribution in [-0.4, -0.2) is 27.9 Å². The van der Waals surface area contributed by atoms with E-state index in [1.807, 2.05) is 0 Å². The van der Waals surface area contributed by atoms with Crippen molar-refractivity contribution in [2.24, 2.45) is 17.6 Å². The Morgan fingerprint density at radius 2 is 2.14 bits per heavy atom. The van der Waals surface area contributed by atoms with Crippen molar-refractivity contribution in [3.63, 3.8) is 0 Å². The van der Waals surface area contributed by atoms with Crippen LogP contribution in [0.5, 0.6) is 0 Å². The zero-order valence-corrected chi connectivity index (χ0v) is 12.8. The van der Waals surface area contributed by atoms with Gasteiger partial charge in [0.25, 0.3) is 0 Å². The molecule has 0 unspecified atom stereocenters. The highest BCUT2D eigenvalue weighted by molar-refractivity contribution is 7.89. The number of sulfonamides is 1. The number of hydrogen-bond donors (Lipinski definition) is 3. The fourth-order valence-corrected chi connectivity index (χ4v) is 3.53. The molecule has 0 bridgehead atoms. The molecule has 2 atom stereocenters. The van der Waals surface area contributed by atoms with E-state index < -0.39 is 10.0 Å². The second kappa shape index (κ2) is 6.55. The van der Waals surface area contributed by atoms with E-state index in [4.69, 9.17) is 5.73 Å². The summed E-state index contributed by atoms with van der Waals surface area (Å²) in [5.74, 6) is 0.0516. The Morgan fingerprint density at radius 3 is 2.81 bits per heavy atom. The number of nitrogens with one attached hydrogen (secondary N) is 2. The van der Waals surface area contributed by atoms with E-state index >= 15 is 0 Å². The molecule has 0 aliphatic heterocycles.